The van der Waals surface area contributed by atoms with Gasteiger partial charge in [0, 0.05) is 12.6 Å². The first-order valence-corrected chi connectivity index (χ1v) is 7.80. The first kappa shape index (κ1) is 14.8. The molecule has 3 unspecified atom stereocenters. The van der Waals surface area contributed by atoms with Gasteiger partial charge in [-0.1, -0.05) is 13.8 Å². The zero-order valence-electron chi connectivity index (χ0n) is 12.3. The second-order valence-corrected chi connectivity index (χ2v) is 6.41. The van der Waals surface area contributed by atoms with Gasteiger partial charge in [0.25, 0.3) is 0 Å². The maximum Gasteiger partial charge on any atom is 0.323 e. The average molecular weight is 268 g/mol. The summed E-state index contributed by atoms with van der Waals surface area (Å²) < 4.78 is 0. The van der Waals surface area contributed by atoms with Crippen LogP contribution in [-0.2, 0) is 4.79 Å². The van der Waals surface area contributed by atoms with Gasteiger partial charge < -0.3 is 15.3 Å². The number of rotatable bonds is 4. The van der Waals surface area contributed by atoms with Crippen LogP contribution in [0.3, 0.4) is 0 Å². The summed E-state index contributed by atoms with van der Waals surface area (Å²) in [5.41, 5.74) is -0.682. The van der Waals surface area contributed by atoms with Gasteiger partial charge in [0.05, 0.1) is 0 Å². The Morgan fingerprint density at radius 1 is 1.42 bits per heavy atom. The van der Waals surface area contributed by atoms with E-state index in [2.05, 4.69) is 17.1 Å². The first-order valence-electron chi connectivity index (χ1n) is 7.80. The van der Waals surface area contributed by atoms with Crippen molar-refractivity contribution in [3.05, 3.63) is 0 Å². The van der Waals surface area contributed by atoms with E-state index in [0.29, 0.717) is 6.04 Å². The minimum absolute atomic E-state index is 0.451. The van der Waals surface area contributed by atoms with Crippen LogP contribution in [0.5, 0.6) is 0 Å². The van der Waals surface area contributed by atoms with Gasteiger partial charge in [0.2, 0.25) is 0 Å². The van der Waals surface area contributed by atoms with Gasteiger partial charge in [-0.05, 0) is 57.5 Å². The molecule has 1 aliphatic carbocycles. The fraction of sp³-hybridized carbons (Fsp3) is 0.933. The lowest BCUT2D eigenvalue weighted by atomic mass is 9.77. The molecule has 110 valence electrons. The molecule has 0 bridgehead atoms. The van der Waals surface area contributed by atoms with Crippen LogP contribution < -0.4 is 5.32 Å². The SMILES string of the molecule is CCNC1(C(=O)O)CCCC(N2CCCC(C)C2)C1. The second-order valence-electron chi connectivity index (χ2n) is 6.41. The van der Waals surface area contributed by atoms with Crippen LogP contribution in [0.1, 0.15) is 52.4 Å². The van der Waals surface area contributed by atoms with Crippen LogP contribution in [0.4, 0.5) is 0 Å². The zero-order valence-corrected chi connectivity index (χ0v) is 12.3. The number of nitrogens with zero attached hydrogens (tertiary/aromatic N) is 1. The van der Waals surface area contributed by atoms with Crippen LogP contribution >= 0.6 is 0 Å². The van der Waals surface area contributed by atoms with Gasteiger partial charge in [0.1, 0.15) is 5.54 Å². The molecule has 1 saturated heterocycles. The fourth-order valence-electron chi connectivity index (χ4n) is 3.88. The Morgan fingerprint density at radius 3 is 2.84 bits per heavy atom. The van der Waals surface area contributed by atoms with Gasteiger partial charge in [-0.3, -0.25) is 4.79 Å². The molecule has 2 aliphatic rings. The monoisotopic (exact) mass is 268 g/mol. The summed E-state index contributed by atoms with van der Waals surface area (Å²) in [5, 5.41) is 12.9. The number of hydrogen-bond donors (Lipinski definition) is 2. The maximum atomic E-state index is 11.7. The third kappa shape index (κ3) is 3.29. The molecule has 3 atom stereocenters. The Balaban J connectivity index is 2.04. The van der Waals surface area contributed by atoms with Crippen LogP contribution in [0.25, 0.3) is 0 Å². The number of aliphatic carboxylic acids is 1. The second kappa shape index (κ2) is 6.23. The molecule has 4 heteroatoms. The molecule has 1 heterocycles. The van der Waals surface area contributed by atoms with Crippen LogP contribution in [0.15, 0.2) is 0 Å². The van der Waals surface area contributed by atoms with E-state index in [9.17, 15) is 9.90 Å². The lowest BCUT2D eigenvalue weighted by Crippen LogP contribution is -2.59. The molecule has 0 amide bonds. The standard InChI is InChI=1S/C15H28N2O2/c1-3-16-15(14(18)19)8-4-7-13(10-15)17-9-5-6-12(2)11-17/h12-13,16H,3-11H2,1-2H3,(H,18,19). The van der Waals surface area contributed by atoms with E-state index in [-0.39, 0.29) is 0 Å². The molecule has 0 aromatic carbocycles. The molecule has 0 aromatic rings. The van der Waals surface area contributed by atoms with Crippen molar-refractivity contribution in [2.75, 3.05) is 19.6 Å². The van der Waals surface area contributed by atoms with Gasteiger partial charge in [-0.15, -0.1) is 0 Å². The number of nitrogens with one attached hydrogen (secondary N) is 1. The molecule has 19 heavy (non-hydrogen) atoms. The summed E-state index contributed by atoms with van der Waals surface area (Å²) in [7, 11) is 0. The van der Waals surface area contributed by atoms with Gasteiger partial charge in [0.15, 0.2) is 0 Å². The molecule has 0 spiro atoms. The number of hydrogen-bond acceptors (Lipinski definition) is 3. The number of carboxylic acid groups (broad SMARTS) is 1. The molecular weight excluding hydrogens is 240 g/mol. The van der Waals surface area contributed by atoms with E-state index < -0.39 is 11.5 Å². The average Bonchev–Trinajstić information content (AvgIpc) is 2.39. The number of likely N-dealkylation sites (tertiary alicyclic amines) is 1. The highest BCUT2D eigenvalue weighted by atomic mass is 16.4. The largest absolute Gasteiger partial charge is 0.480 e. The maximum absolute atomic E-state index is 11.7. The lowest BCUT2D eigenvalue weighted by Gasteiger charge is -2.45. The molecule has 4 nitrogen and oxygen atoms in total. The molecule has 1 aliphatic heterocycles. The Hall–Kier alpha value is -0.610. The normalized spacial score (nSPS) is 37.2. The summed E-state index contributed by atoms with van der Waals surface area (Å²) in [5.74, 6) is 0.0955. The zero-order chi connectivity index (χ0) is 13.9. The summed E-state index contributed by atoms with van der Waals surface area (Å²) >= 11 is 0. The molecule has 2 fully saturated rings. The Bertz CT molecular complexity index is 317. The summed E-state index contributed by atoms with van der Waals surface area (Å²) in [4.78, 5) is 14.2. The van der Waals surface area contributed by atoms with E-state index in [1.54, 1.807) is 0 Å². The van der Waals surface area contributed by atoms with Crippen molar-refractivity contribution < 1.29 is 9.90 Å². The Morgan fingerprint density at radius 2 is 2.21 bits per heavy atom. The van der Waals surface area contributed by atoms with E-state index in [0.717, 1.165) is 51.2 Å². The lowest BCUT2D eigenvalue weighted by molar-refractivity contribution is -0.147. The highest BCUT2D eigenvalue weighted by Gasteiger charge is 2.44. The summed E-state index contributed by atoms with van der Waals surface area (Å²) in [6.45, 7) is 7.33. The summed E-state index contributed by atoms with van der Waals surface area (Å²) in [6, 6.07) is 0.451. The number of carboxylic acids is 1. The van der Waals surface area contributed by atoms with Crippen molar-refractivity contribution in [3.8, 4) is 0 Å². The smallest absolute Gasteiger partial charge is 0.323 e. The molecule has 0 aromatic heterocycles. The van der Waals surface area contributed by atoms with Crippen molar-refractivity contribution in [2.24, 2.45) is 5.92 Å². The van der Waals surface area contributed by atoms with Crippen molar-refractivity contribution in [1.29, 1.82) is 0 Å². The van der Waals surface area contributed by atoms with Crippen LogP contribution in [0.2, 0.25) is 0 Å². The highest BCUT2D eigenvalue weighted by molar-refractivity contribution is 5.79. The minimum atomic E-state index is -0.682. The Labute approximate surface area is 116 Å². The van der Waals surface area contributed by atoms with Gasteiger partial charge in [-0.25, -0.2) is 0 Å². The predicted molar refractivity (Wildman–Crippen MR) is 76.3 cm³/mol. The van der Waals surface area contributed by atoms with Crippen molar-refractivity contribution in [2.45, 2.75) is 64.0 Å². The number of piperidine rings is 1. The molecule has 1 saturated carbocycles. The number of carbonyl (C=O) groups is 1. The molecule has 0 radical (unpaired) electrons. The van der Waals surface area contributed by atoms with Crippen LogP contribution in [-0.4, -0.2) is 47.2 Å². The highest BCUT2D eigenvalue weighted by Crippen LogP contribution is 2.33. The molecule has 2 rings (SSSR count). The van der Waals surface area contributed by atoms with E-state index in [1.807, 2.05) is 6.92 Å². The van der Waals surface area contributed by atoms with Gasteiger partial charge >= 0.3 is 5.97 Å². The van der Waals surface area contributed by atoms with E-state index in [1.165, 1.54) is 12.8 Å². The fourth-order valence-corrected chi connectivity index (χ4v) is 3.88. The van der Waals surface area contributed by atoms with Gasteiger partial charge in [-0.2, -0.15) is 0 Å². The first-order chi connectivity index (χ1) is 9.07. The Kier molecular flexibility index (Phi) is 4.85. The third-order valence-electron chi connectivity index (χ3n) is 4.85. The van der Waals surface area contributed by atoms with E-state index in [4.69, 9.17) is 0 Å². The van der Waals surface area contributed by atoms with Crippen molar-refractivity contribution in [1.82, 2.24) is 10.2 Å². The van der Waals surface area contributed by atoms with Crippen LogP contribution in [0, 0.1) is 5.92 Å². The quantitative estimate of drug-likeness (QED) is 0.820. The minimum Gasteiger partial charge on any atom is -0.480 e. The predicted octanol–water partition coefficient (Wildman–Crippen LogP) is 2.09. The number of likely N-dealkylation sites (N-methyl/N-ethyl adjacent to an activating group) is 1. The van der Waals surface area contributed by atoms with E-state index >= 15 is 0 Å². The molecular formula is C15H28N2O2. The van der Waals surface area contributed by atoms with Crippen molar-refractivity contribution in [3.63, 3.8) is 0 Å². The van der Waals surface area contributed by atoms with Crippen molar-refractivity contribution >= 4 is 5.97 Å². The summed E-state index contributed by atoms with van der Waals surface area (Å²) in [6.07, 6.45) is 6.31. The third-order valence-corrected chi connectivity index (χ3v) is 4.85. The molecule has 2 N–H and O–H groups in total. The topological polar surface area (TPSA) is 52.6 Å².